The zero-order valence-electron chi connectivity index (χ0n) is 24.6. The second kappa shape index (κ2) is 12.3. The van der Waals surface area contributed by atoms with Crippen molar-refractivity contribution in [1.29, 1.82) is 0 Å². The summed E-state index contributed by atoms with van der Waals surface area (Å²) < 4.78 is 17.8. The van der Waals surface area contributed by atoms with E-state index in [0.29, 0.717) is 32.8 Å². The molecule has 1 aromatic heterocycles. The number of carbonyl (C=O) groups is 1. The van der Waals surface area contributed by atoms with Crippen LogP contribution < -0.4 is 4.90 Å². The van der Waals surface area contributed by atoms with Gasteiger partial charge in [0.05, 0.1) is 37.0 Å². The molecule has 1 aliphatic carbocycles. The lowest BCUT2D eigenvalue weighted by atomic mass is 9.93. The first-order valence-electron chi connectivity index (χ1n) is 15.0. The molecular weight excluding hydrogens is 550 g/mol. The molecule has 1 saturated carbocycles. The minimum absolute atomic E-state index is 0.163. The predicted molar refractivity (Wildman–Crippen MR) is 165 cm³/mol. The van der Waals surface area contributed by atoms with Gasteiger partial charge in [-0.15, -0.1) is 11.3 Å². The lowest BCUT2D eigenvalue weighted by molar-refractivity contribution is -0.144. The van der Waals surface area contributed by atoms with Gasteiger partial charge < -0.3 is 24.2 Å². The van der Waals surface area contributed by atoms with E-state index in [1.165, 1.54) is 22.3 Å². The molecular formula is C33H41N3O5S. The van der Waals surface area contributed by atoms with Crippen LogP contribution >= 0.6 is 11.3 Å². The average molecular weight is 592 g/mol. The Labute approximate surface area is 252 Å². The highest BCUT2D eigenvalue weighted by atomic mass is 32.1. The van der Waals surface area contributed by atoms with Gasteiger partial charge in [-0.05, 0) is 67.4 Å². The van der Waals surface area contributed by atoms with Crippen LogP contribution in [0.15, 0.2) is 48.1 Å². The molecule has 4 aliphatic rings. The van der Waals surface area contributed by atoms with Crippen LogP contribution in [-0.2, 0) is 38.6 Å². The highest BCUT2D eigenvalue weighted by molar-refractivity contribution is 7.13. The number of aliphatic carboxylic acids is 1. The van der Waals surface area contributed by atoms with Crippen LogP contribution in [-0.4, -0.2) is 73.1 Å². The van der Waals surface area contributed by atoms with Crippen LogP contribution in [0.25, 0.3) is 5.57 Å². The van der Waals surface area contributed by atoms with Gasteiger partial charge in [0.2, 0.25) is 0 Å². The fourth-order valence-corrected chi connectivity index (χ4v) is 7.54. The molecule has 3 fully saturated rings. The molecule has 3 atom stereocenters. The average Bonchev–Trinajstić information content (AvgIpc) is 3.56. The summed E-state index contributed by atoms with van der Waals surface area (Å²) in [5.41, 5.74) is 6.61. The molecule has 3 aliphatic heterocycles. The molecule has 6 rings (SSSR count). The van der Waals surface area contributed by atoms with Crippen molar-refractivity contribution < 1.29 is 24.1 Å². The minimum Gasteiger partial charge on any atom is -0.493 e. The van der Waals surface area contributed by atoms with Crippen molar-refractivity contribution >= 4 is 28.0 Å². The highest BCUT2D eigenvalue weighted by Gasteiger charge is 2.62. The topological polar surface area (TPSA) is 84.4 Å². The number of ether oxygens (including phenoxy) is 3. The Hall–Kier alpha value is -2.98. The molecule has 224 valence electrons. The van der Waals surface area contributed by atoms with Crippen molar-refractivity contribution in [2.45, 2.75) is 52.4 Å². The molecule has 42 heavy (non-hydrogen) atoms. The molecule has 0 bridgehead atoms. The number of hydrogen-bond acceptors (Lipinski definition) is 8. The van der Waals surface area contributed by atoms with E-state index in [9.17, 15) is 9.90 Å². The number of aryl methyl sites for hydroxylation is 1. The number of fused-ring (bicyclic) bond motifs is 2. The molecule has 0 amide bonds. The summed E-state index contributed by atoms with van der Waals surface area (Å²) in [6, 6.07) is 4.56. The Bertz CT molecular complexity index is 1390. The number of carboxylic acids is 1. The molecule has 1 N–H and O–H groups in total. The Morgan fingerprint density at radius 1 is 1.33 bits per heavy atom. The predicted octanol–water partition coefficient (Wildman–Crippen LogP) is 5.22. The zero-order chi connectivity index (χ0) is 29.3. The van der Waals surface area contributed by atoms with Gasteiger partial charge in [-0.2, -0.15) is 0 Å². The molecule has 9 heteroatoms. The fourth-order valence-electron chi connectivity index (χ4n) is 6.68. The van der Waals surface area contributed by atoms with Gasteiger partial charge in [0.25, 0.3) is 0 Å². The van der Waals surface area contributed by atoms with Crippen molar-refractivity contribution in [3.05, 3.63) is 76.0 Å². The van der Waals surface area contributed by atoms with Gasteiger partial charge in [-0.1, -0.05) is 30.9 Å². The third-order valence-electron chi connectivity index (χ3n) is 9.25. The Balaban J connectivity index is 1.12. The lowest BCUT2D eigenvalue weighted by Gasteiger charge is -2.34. The third-order valence-corrected chi connectivity index (χ3v) is 10.2. The number of allylic oxidation sites excluding steroid dienone is 5. The standard InChI is InChI=1S/C33H41N3O5S/c1-4-5-6-28(30-21-42-32(34-30)36-10-8-33(31(37)38)15-26(33)16-36)23(3)41-19-24-13-22(2)29-18-35(9-7-25(29)14-24)17-27-20-39-11-12-40-27/h4-6,13-14,21,26-27H,1,7-12,15-20H2,2-3H3,(H,37,38)/b6-5-,28-23-. The van der Waals surface area contributed by atoms with Gasteiger partial charge in [0, 0.05) is 43.7 Å². The molecule has 8 nitrogen and oxygen atoms in total. The zero-order valence-corrected chi connectivity index (χ0v) is 25.5. The van der Waals surface area contributed by atoms with Crippen LogP contribution in [0, 0.1) is 18.3 Å². The molecule has 2 aromatic rings. The van der Waals surface area contributed by atoms with E-state index in [-0.39, 0.29) is 12.0 Å². The first-order valence-corrected chi connectivity index (χ1v) is 15.8. The van der Waals surface area contributed by atoms with Crippen molar-refractivity contribution in [2.24, 2.45) is 11.3 Å². The first-order chi connectivity index (χ1) is 20.4. The van der Waals surface area contributed by atoms with Crippen molar-refractivity contribution in [3.63, 3.8) is 0 Å². The Morgan fingerprint density at radius 3 is 2.98 bits per heavy atom. The Morgan fingerprint density at radius 2 is 2.21 bits per heavy atom. The Kier molecular flexibility index (Phi) is 8.54. The van der Waals surface area contributed by atoms with E-state index >= 15 is 0 Å². The summed E-state index contributed by atoms with van der Waals surface area (Å²) in [5, 5.41) is 12.6. The number of benzene rings is 1. The molecule has 3 unspecified atom stereocenters. The van der Waals surface area contributed by atoms with Gasteiger partial charge in [-0.25, -0.2) is 4.98 Å². The maximum atomic E-state index is 11.7. The van der Waals surface area contributed by atoms with E-state index in [2.05, 4.69) is 40.8 Å². The highest BCUT2D eigenvalue weighted by Crippen LogP contribution is 2.58. The van der Waals surface area contributed by atoms with Crippen molar-refractivity contribution in [2.75, 3.05) is 50.9 Å². The summed E-state index contributed by atoms with van der Waals surface area (Å²) in [7, 11) is 0. The van der Waals surface area contributed by atoms with Gasteiger partial charge in [-0.3, -0.25) is 9.69 Å². The van der Waals surface area contributed by atoms with Crippen molar-refractivity contribution in [3.8, 4) is 0 Å². The number of thiazole rings is 1. The first kappa shape index (κ1) is 29.1. The summed E-state index contributed by atoms with van der Waals surface area (Å²) in [6.07, 6.45) is 8.32. The minimum atomic E-state index is -0.643. The quantitative estimate of drug-likeness (QED) is 0.298. The maximum Gasteiger partial charge on any atom is 0.310 e. The number of carboxylic acid groups (broad SMARTS) is 1. The third kappa shape index (κ3) is 6.06. The normalized spacial score (nSPS) is 26.4. The van der Waals surface area contributed by atoms with Crippen LogP contribution in [0.1, 0.15) is 47.7 Å². The lowest BCUT2D eigenvalue weighted by Crippen LogP contribution is -2.42. The number of nitrogens with zero attached hydrogens (tertiary/aromatic N) is 3. The number of anilines is 1. The van der Waals surface area contributed by atoms with E-state index in [1.54, 1.807) is 17.4 Å². The second-order valence-electron chi connectivity index (χ2n) is 12.0. The van der Waals surface area contributed by atoms with Crippen LogP contribution in [0.3, 0.4) is 0 Å². The number of aromatic nitrogens is 1. The smallest absolute Gasteiger partial charge is 0.310 e. The van der Waals surface area contributed by atoms with E-state index in [1.807, 2.05) is 19.1 Å². The van der Waals surface area contributed by atoms with Crippen LogP contribution in [0.2, 0.25) is 0 Å². The number of piperidine rings is 1. The summed E-state index contributed by atoms with van der Waals surface area (Å²) in [5.74, 6) is 0.392. The second-order valence-corrected chi connectivity index (χ2v) is 12.9. The van der Waals surface area contributed by atoms with E-state index < -0.39 is 11.4 Å². The SMILES string of the molecule is C=C/C=C\C(=C(/C)OCc1cc(C)c2c(c1)CCN(CC1COCCO1)C2)c1csc(N2CCC3(C(=O)O)CC3C2)n1. The monoisotopic (exact) mass is 591 g/mol. The van der Waals surface area contributed by atoms with E-state index in [0.717, 1.165) is 67.7 Å². The largest absolute Gasteiger partial charge is 0.493 e. The van der Waals surface area contributed by atoms with Gasteiger partial charge in [0.1, 0.15) is 12.4 Å². The summed E-state index contributed by atoms with van der Waals surface area (Å²) in [4.78, 5) is 21.4. The fraction of sp³-hybridized carbons (Fsp3) is 0.515. The van der Waals surface area contributed by atoms with Gasteiger partial charge in [0.15, 0.2) is 5.13 Å². The van der Waals surface area contributed by atoms with E-state index in [4.69, 9.17) is 19.2 Å². The van der Waals surface area contributed by atoms with Crippen LogP contribution in [0.5, 0.6) is 0 Å². The number of hydrogen-bond donors (Lipinski definition) is 1. The maximum absolute atomic E-state index is 11.7. The summed E-state index contributed by atoms with van der Waals surface area (Å²) >= 11 is 1.61. The van der Waals surface area contributed by atoms with Gasteiger partial charge >= 0.3 is 5.97 Å². The molecule has 1 aromatic carbocycles. The summed E-state index contributed by atoms with van der Waals surface area (Å²) in [6.45, 7) is 15.0. The van der Waals surface area contributed by atoms with Crippen LogP contribution in [0.4, 0.5) is 5.13 Å². The van der Waals surface area contributed by atoms with Crippen molar-refractivity contribution in [1.82, 2.24) is 9.88 Å². The molecule has 0 radical (unpaired) electrons. The molecule has 2 saturated heterocycles. The molecule has 4 heterocycles. The molecule has 0 spiro atoms. The number of rotatable bonds is 10.